The van der Waals surface area contributed by atoms with E-state index in [-0.39, 0.29) is 0 Å². The Bertz CT molecular complexity index is 189. The first-order valence-corrected chi connectivity index (χ1v) is 4.53. The lowest BCUT2D eigenvalue weighted by molar-refractivity contribution is 0.690. The molecule has 0 amide bonds. The molecule has 0 saturated heterocycles. The molecule has 0 N–H and O–H groups in total. The van der Waals surface area contributed by atoms with Gasteiger partial charge in [0.2, 0.25) is 0 Å². The van der Waals surface area contributed by atoms with Crippen molar-refractivity contribution in [3.63, 3.8) is 0 Å². The van der Waals surface area contributed by atoms with Gasteiger partial charge >= 0.3 is 0 Å². The van der Waals surface area contributed by atoms with Gasteiger partial charge in [0.25, 0.3) is 0 Å². The first-order valence-electron chi connectivity index (χ1n) is 2.98. The molecular weight excluding hydrogens is 144 g/mol. The lowest BCUT2D eigenvalue weighted by Crippen LogP contribution is -1.84. The zero-order chi connectivity index (χ0) is 7.98. The van der Waals surface area contributed by atoms with Crippen LogP contribution < -0.4 is 0 Å². The van der Waals surface area contributed by atoms with Gasteiger partial charge < -0.3 is 0 Å². The van der Waals surface area contributed by atoms with Crippen molar-refractivity contribution in [2.75, 3.05) is 6.26 Å². The van der Waals surface area contributed by atoms with Crippen molar-refractivity contribution in [1.29, 1.82) is 0 Å². The average molecular weight is 156 g/mol. The quantitative estimate of drug-likeness (QED) is 0.571. The van der Waals surface area contributed by atoms with Crippen molar-refractivity contribution >= 4 is 10.8 Å². The number of allylic oxidation sites excluding steroid dienone is 5. The number of hydrogen-bond donors (Lipinski definition) is 0. The minimum absolute atomic E-state index is 0.838. The number of rotatable bonds is 3. The second-order valence-electron chi connectivity index (χ2n) is 1.85. The smallest absolute Gasteiger partial charge is 0.0453 e. The monoisotopic (exact) mass is 156 g/mol. The van der Waals surface area contributed by atoms with Gasteiger partial charge in [0.1, 0.15) is 0 Å². The largest absolute Gasteiger partial charge is 0.255 e. The van der Waals surface area contributed by atoms with Crippen LogP contribution in [0.25, 0.3) is 0 Å². The van der Waals surface area contributed by atoms with Crippen molar-refractivity contribution in [3.05, 3.63) is 35.8 Å². The summed E-state index contributed by atoms with van der Waals surface area (Å²) in [5, 5.41) is 0. The molecule has 0 heterocycles. The van der Waals surface area contributed by atoms with Crippen LogP contribution in [-0.4, -0.2) is 10.5 Å². The fourth-order valence-corrected chi connectivity index (χ4v) is 0.636. The Morgan fingerprint density at radius 3 is 2.50 bits per heavy atom. The van der Waals surface area contributed by atoms with Crippen LogP contribution >= 0.6 is 0 Å². The number of hydrogen-bond acceptors (Lipinski definition) is 1. The standard InChI is InChI=1S/C8H12OS/c1-4-5-6-7-8(2)10(3)9/h4-7H,1H2,2-3H3. The van der Waals surface area contributed by atoms with E-state index in [1.54, 1.807) is 18.4 Å². The molecule has 1 unspecified atom stereocenters. The minimum atomic E-state index is -0.838. The van der Waals surface area contributed by atoms with Gasteiger partial charge in [-0.25, -0.2) is 0 Å². The van der Waals surface area contributed by atoms with E-state index in [0.29, 0.717) is 0 Å². The van der Waals surface area contributed by atoms with Crippen LogP contribution in [0.4, 0.5) is 0 Å². The highest BCUT2D eigenvalue weighted by Crippen LogP contribution is 1.96. The Labute approximate surface area is 64.6 Å². The van der Waals surface area contributed by atoms with E-state index in [9.17, 15) is 4.21 Å². The van der Waals surface area contributed by atoms with E-state index in [1.807, 2.05) is 19.1 Å². The normalized spacial score (nSPS) is 15.6. The van der Waals surface area contributed by atoms with Crippen LogP contribution in [0.3, 0.4) is 0 Å². The molecule has 10 heavy (non-hydrogen) atoms. The summed E-state index contributed by atoms with van der Waals surface area (Å²) in [6.45, 7) is 5.35. The molecule has 2 heteroatoms. The fraction of sp³-hybridized carbons (Fsp3) is 0.250. The molecule has 0 bridgehead atoms. The van der Waals surface area contributed by atoms with Gasteiger partial charge in [-0.15, -0.1) is 0 Å². The molecule has 0 aromatic heterocycles. The van der Waals surface area contributed by atoms with Gasteiger partial charge in [-0.05, 0) is 6.92 Å². The van der Waals surface area contributed by atoms with Gasteiger partial charge in [-0.1, -0.05) is 30.9 Å². The lowest BCUT2D eigenvalue weighted by Gasteiger charge is -1.88. The highest BCUT2D eigenvalue weighted by molar-refractivity contribution is 7.88. The van der Waals surface area contributed by atoms with Crippen molar-refractivity contribution < 1.29 is 4.21 Å². The summed E-state index contributed by atoms with van der Waals surface area (Å²) in [4.78, 5) is 0.873. The minimum Gasteiger partial charge on any atom is -0.255 e. The predicted molar refractivity (Wildman–Crippen MR) is 47.2 cm³/mol. The molecule has 0 aliphatic rings. The van der Waals surface area contributed by atoms with Crippen molar-refractivity contribution in [3.8, 4) is 0 Å². The molecular formula is C8H12OS. The topological polar surface area (TPSA) is 17.1 Å². The third-order valence-electron chi connectivity index (χ3n) is 1.03. The van der Waals surface area contributed by atoms with E-state index in [2.05, 4.69) is 6.58 Å². The summed E-state index contributed by atoms with van der Waals surface area (Å²) >= 11 is 0. The molecule has 0 aliphatic carbocycles. The molecule has 0 rings (SSSR count). The fourth-order valence-electron chi connectivity index (χ4n) is 0.365. The second kappa shape index (κ2) is 5.18. The molecule has 1 atom stereocenters. The van der Waals surface area contributed by atoms with Crippen LogP contribution in [0.1, 0.15) is 6.92 Å². The Balaban J connectivity index is 4.04. The van der Waals surface area contributed by atoms with Crippen LogP contribution in [0.2, 0.25) is 0 Å². The van der Waals surface area contributed by atoms with Crippen LogP contribution in [0.15, 0.2) is 35.8 Å². The summed E-state index contributed by atoms with van der Waals surface area (Å²) in [5.41, 5.74) is 0. The third kappa shape index (κ3) is 4.27. The molecule has 0 spiro atoms. The summed E-state index contributed by atoms with van der Waals surface area (Å²) in [6, 6.07) is 0. The Kier molecular flexibility index (Phi) is 4.85. The Morgan fingerprint density at radius 1 is 1.50 bits per heavy atom. The van der Waals surface area contributed by atoms with Gasteiger partial charge in [0.15, 0.2) is 0 Å². The van der Waals surface area contributed by atoms with E-state index < -0.39 is 10.8 Å². The zero-order valence-electron chi connectivity index (χ0n) is 6.33. The van der Waals surface area contributed by atoms with Gasteiger partial charge in [0, 0.05) is 22.0 Å². The van der Waals surface area contributed by atoms with E-state index >= 15 is 0 Å². The molecule has 0 saturated carbocycles. The van der Waals surface area contributed by atoms with Gasteiger partial charge in [-0.3, -0.25) is 4.21 Å². The van der Waals surface area contributed by atoms with Crippen molar-refractivity contribution in [1.82, 2.24) is 0 Å². The van der Waals surface area contributed by atoms with E-state index in [4.69, 9.17) is 0 Å². The SMILES string of the molecule is C=CC=CC=C(C)S(C)=O. The van der Waals surface area contributed by atoms with E-state index in [1.165, 1.54) is 0 Å². The molecule has 0 fully saturated rings. The Morgan fingerprint density at radius 2 is 2.10 bits per heavy atom. The molecule has 0 aromatic rings. The summed E-state index contributed by atoms with van der Waals surface area (Å²) < 4.78 is 10.7. The predicted octanol–water partition coefficient (Wildman–Crippen LogP) is 2.01. The molecule has 0 aromatic carbocycles. The first kappa shape index (κ1) is 9.37. The van der Waals surface area contributed by atoms with Gasteiger partial charge in [-0.2, -0.15) is 0 Å². The second-order valence-corrected chi connectivity index (χ2v) is 3.40. The molecule has 56 valence electrons. The summed E-state index contributed by atoms with van der Waals surface area (Å²) in [5.74, 6) is 0. The van der Waals surface area contributed by atoms with Crippen molar-refractivity contribution in [2.45, 2.75) is 6.92 Å². The maximum atomic E-state index is 10.7. The van der Waals surface area contributed by atoms with Gasteiger partial charge in [0.05, 0.1) is 0 Å². The zero-order valence-corrected chi connectivity index (χ0v) is 7.15. The highest BCUT2D eigenvalue weighted by atomic mass is 32.2. The van der Waals surface area contributed by atoms with E-state index in [0.717, 1.165) is 4.91 Å². The maximum Gasteiger partial charge on any atom is 0.0453 e. The maximum absolute atomic E-state index is 10.7. The Hall–Kier alpha value is -0.630. The molecule has 0 radical (unpaired) electrons. The highest BCUT2D eigenvalue weighted by Gasteiger charge is 1.88. The van der Waals surface area contributed by atoms with Crippen LogP contribution in [0, 0.1) is 0 Å². The lowest BCUT2D eigenvalue weighted by atomic mass is 10.4. The van der Waals surface area contributed by atoms with Crippen LogP contribution in [-0.2, 0) is 10.8 Å². The summed E-state index contributed by atoms with van der Waals surface area (Å²) in [7, 11) is -0.838. The first-order chi connectivity index (χ1) is 4.68. The average Bonchev–Trinajstić information content (AvgIpc) is 1.88. The molecule has 0 aliphatic heterocycles. The van der Waals surface area contributed by atoms with Crippen molar-refractivity contribution in [2.24, 2.45) is 0 Å². The third-order valence-corrected chi connectivity index (χ3v) is 2.07. The molecule has 1 nitrogen and oxygen atoms in total. The summed E-state index contributed by atoms with van der Waals surface area (Å²) in [6.07, 6.45) is 8.79. The van der Waals surface area contributed by atoms with Crippen LogP contribution in [0.5, 0.6) is 0 Å².